The van der Waals surface area contributed by atoms with Crippen LogP contribution < -0.4 is 10.6 Å². The largest absolute Gasteiger partial charge is 0.348 e. The van der Waals surface area contributed by atoms with Gasteiger partial charge in [0.2, 0.25) is 11.8 Å². The van der Waals surface area contributed by atoms with Crippen LogP contribution in [0.3, 0.4) is 0 Å². The summed E-state index contributed by atoms with van der Waals surface area (Å²) < 4.78 is 0. The molecule has 0 bridgehead atoms. The summed E-state index contributed by atoms with van der Waals surface area (Å²) in [5.74, 6) is -0.296. The Hall–Kier alpha value is -1.84. The number of rotatable bonds is 5. The molecule has 0 radical (unpaired) electrons. The maximum Gasteiger partial charge on any atom is 0.239 e. The lowest BCUT2D eigenvalue weighted by Crippen LogP contribution is -2.37. The molecule has 2 amide bonds. The smallest absolute Gasteiger partial charge is 0.239 e. The lowest BCUT2D eigenvalue weighted by atomic mass is 10.1. The van der Waals surface area contributed by atoms with Crippen LogP contribution in [0.1, 0.15) is 31.9 Å². The van der Waals surface area contributed by atoms with Gasteiger partial charge in [0.15, 0.2) is 0 Å². The Morgan fingerprint density at radius 3 is 2.41 bits per heavy atom. The molecule has 0 aliphatic rings. The number of benzene rings is 1. The summed E-state index contributed by atoms with van der Waals surface area (Å²) in [5, 5.41) is 5.36. The summed E-state index contributed by atoms with van der Waals surface area (Å²) in [6.45, 7) is 3.69. The molecule has 17 heavy (non-hydrogen) atoms. The molecule has 1 atom stereocenters. The summed E-state index contributed by atoms with van der Waals surface area (Å²) in [7, 11) is 0. The lowest BCUT2D eigenvalue weighted by molar-refractivity contribution is -0.126. The highest BCUT2D eigenvalue weighted by Gasteiger charge is 2.09. The Balaban J connectivity index is 2.39. The third kappa shape index (κ3) is 4.68. The van der Waals surface area contributed by atoms with E-state index >= 15 is 0 Å². The number of carbonyl (C=O) groups excluding carboxylic acids is 2. The topological polar surface area (TPSA) is 58.2 Å². The van der Waals surface area contributed by atoms with Crippen molar-refractivity contribution in [2.45, 2.75) is 26.3 Å². The molecule has 0 saturated carbocycles. The zero-order valence-electron chi connectivity index (χ0n) is 10.2. The quantitative estimate of drug-likeness (QED) is 0.809. The van der Waals surface area contributed by atoms with Crippen molar-refractivity contribution in [2.24, 2.45) is 0 Å². The van der Waals surface area contributed by atoms with E-state index in [1.54, 1.807) is 6.92 Å². The van der Waals surface area contributed by atoms with Crippen molar-refractivity contribution >= 4 is 11.8 Å². The Bertz CT molecular complexity index is 376. The SMILES string of the molecule is CCC(=O)NCC(=O)N[C@H](C)c1ccccc1. The second kappa shape index (κ2) is 6.68. The van der Waals surface area contributed by atoms with Gasteiger partial charge in [-0.2, -0.15) is 0 Å². The standard InChI is InChI=1S/C13H18N2O2/c1-3-12(16)14-9-13(17)15-10(2)11-7-5-4-6-8-11/h4-8,10H,3,9H2,1-2H3,(H,14,16)(H,15,17)/t10-/m1/s1. The molecule has 92 valence electrons. The van der Waals surface area contributed by atoms with Crippen molar-refractivity contribution in [1.29, 1.82) is 0 Å². The highest BCUT2D eigenvalue weighted by Crippen LogP contribution is 2.10. The van der Waals surface area contributed by atoms with E-state index in [9.17, 15) is 9.59 Å². The number of hydrogen-bond donors (Lipinski definition) is 2. The molecule has 0 spiro atoms. The molecule has 2 N–H and O–H groups in total. The number of amides is 2. The maximum atomic E-state index is 11.5. The van der Waals surface area contributed by atoms with Crippen molar-refractivity contribution in [3.63, 3.8) is 0 Å². The molecule has 0 aliphatic carbocycles. The van der Waals surface area contributed by atoms with Gasteiger partial charge < -0.3 is 10.6 Å². The molecule has 0 unspecified atom stereocenters. The van der Waals surface area contributed by atoms with E-state index in [1.807, 2.05) is 37.3 Å². The van der Waals surface area contributed by atoms with Gasteiger partial charge in [0.25, 0.3) is 0 Å². The summed E-state index contributed by atoms with van der Waals surface area (Å²) in [6, 6.07) is 9.64. The fourth-order valence-electron chi connectivity index (χ4n) is 1.42. The number of hydrogen-bond acceptors (Lipinski definition) is 2. The molecule has 0 saturated heterocycles. The first kappa shape index (κ1) is 13.2. The zero-order chi connectivity index (χ0) is 12.7. The van der Waals surface area contributed by atoms with Gasteiger partial charge in [-0.25, -0.2) is 0 Å². The van der Waals surface area contributed by atoms with E-state index in [2.05, 4.69) is 10.6 Å². The Labute approximate surface area is 101 Å². The van der Waals surface area contributed by atoms with E-state index in [0.717, 1.165) is 5.56 Å². The van der Waals surface area contributed by atoms with Crippen molar-refractivity contribution in [2.75, 3.05) is 6.54 Å². The first-order chi connectivity index (χ1) is 8.13. The minimum Gasteiger partial charge on any atom is -0.348 e. The third-order valence-electron chi connectivity index (χ3n) is 2.44. The van der Waals surface area contributed by atoms with Gasteiger partial charge in [-0.1, -0.05) is 37.3 Å². The van der Waals surface area contributed by atoms with Crippen LogP contribution in [0.25, 0.3) is 0 Å². The predicted octanol–water partition coefficient (Wildman–Crippen LogP) is 1.39. The van der Waals surface area contributed by atoms with Gasteiger partial charge in [-0.3, -0.25) is 9.59 Å². The van der Waals surface area contributed by atoms with Gasteiger partial charge >= 0.3 is 0 Å². The van der Waals surface area contributed by atoms with E-state index < -0.39 is 0 Å². The minimum absolute atomic E-state index is 0.0316. The van der Waals surface area contributed by atoms with Crippen molar-refractivity contribution in [3.8, 4) is 0 Å². The molecule has 4 heteroatoms. The summed E-state index contributed by atoms with van der Waals surface area (Å²) in [4.78, 5) is 22.5. The minimum atomic E-state index is -0.178. The molecule has 0 heterocycles. The molecule has 0 aliphatic heterocycles. The molecule has 1 aromatic carbocycles. The van der Waals surface area contributed by atoms with Gasteiger partial charge in [-0.05, 0) is 12.5 Å². The summed E-state index contributed by atoms with van der Waals surface area (Å²) >= 11 is 0. The van der Waals surface area contributed by atoms with Crippen LogP contribution in [-0.2, 0) is 9.59 Å². The fourth-order valence-corrected chi connectivity index (χ4v) is 1.42. The number of nitrogens with one attached hydrogen (secondary N) is 2. The highest BCUT2D eigenvalue weighted by molar-refractivity contribution is 5.84. The predicted molar refractivity (Wildman–Crippen MR) is 66.3 cm³/mol. The van der Waals surface area contributed by atoms with Gasteiger partial charge in [0, 0.05) is 6.42 Å². The Kier molecular flexibility index (Phi) is 5.20. The average molecular weight is 234 g/mol. The second-order valence-electron chi connectivity index (χ2n) is 3.83. The third-order valence-corrected chi connectivity index (χ3v) is 2.44. The highest BCUT2D eigenvalue weighted by atomic mass is 16.2. The van der Waals surface area contributed by atoms with Crippen LogP contribution in [0.2, 0.25) is 0 Å². The molecular formula is C13H18N2O2. The van der Waals surface area contributed by atoms with E-state index in [-0.39, 0.29) is 24.4 Å². The first-order valence-corrected chi connectivity index (χ1v) is 5.74. The van der Waals surface area contributed by atoms with Gasteiger partial charge in [0.1, 0.15) is 0 Å². The number of carbonyl (C=O) groups is 2. The van der Waals surface area contributed by atoms with Crippen molar-refractivity contribution in [3.05, 3.63) is 35.9 Å². The fraction of sp³-hybridized carbons (Fsp3) is 0.385. The molecule has 1 rings (SSSR count). The monoisotopic (exact) mass is 234 g/mol. The second-order valence-corrected chi connectivity index (χ2v) is 3.83. The van der Waals surface area contributed by atoms with Crippen LogP contribution in [0.5, 0.6) is 0 Å². The van der Waals surface area contributed by atoms with Crippen molar-refractivity contribution in [1.82, 2.24) is 10.6 Å². The Morgan fingerprint density at radius 2 is 1.82 bits per heavy atom. The van der Waals surface area contributed by atoms with Crippen LogP contribution in [-0.4, -0.2) is 18.4 Å². The van der Waals surface area contributed by atoms with Gasteiger partial charge in [-0.15, -0.1) is 0 Å². The average Bonchev–Trinajstić information content (AvgIpc) is 2.36. The maximum absolute atomic E-state index is 11.5. The summed E-state index contributed by atoms with van der Waals surface area (Å²) in [6.07, 6.45) is 0.390. The normalized spacial score (nSPS) is 11.6. The molecule has 0 fully saturated rings. The van der Waals surface area contributed by atoms with Gasteiger partial charge in [0.05, 0.1) is 12.6 Å². The molecule has 0 aromatic heterocycles. The first-order valence-electron chi connectivity index (χ1n) is 5.74. The van der Waals surface area contributed by atoms with E-state index in [4.69, 9.17) is 0 Å². The van der Waals surface area contributed by atoms with Crippen LogP contribution in [0, 0.1) is 0 Å². The van der Waals surface area contributed by atoms with Crippen LogP contribution in [0.15, 0.2) is 30.3 Å². The lowest BCUT2D eigenvalue weighted by Gasteiger charge is -2.14. The zero-order valence-corrected chi connectivity index (χ0v) is 10.2. The molecular weight excluding hydrogens is 216 g/mol. The summed E-state index contributed by atoms with van der Waals surface area (Å²) in [5.41, 5.74) is 1.04. The van der Waals surface area contributed by atoms with E-state index in [1.165, 1.54) is 0 Å². The van der Waals surface area contributed by atoms with Crippen LogP contribution >= 0.6 is 0 Å². The van der Waals surface area contributed by atoms with Crippen LogP contribution in [0.4, 0.5) is 0 Å². The Morgan fingerprint density at radius 1 is 1.18 bits per heavy atom. The molecule has 4 nitrogen and oxygen atoms in total. The molecule has 1 aromatic rings. The van der Waals surface area contributed by atoms with Crippen molar-refractivity contribution < 1.29 is 9.59 Å². The van der Waals surface area contributed by atoms with E-state index in [0.29, 0.717) is 6.42 Å².